The van der Waals surface area contributed by atoms with Gasteiger partial charge < -0.3 is 14.7 Å². The van der Waals surface area contributed by atoms with Crippen molar-refractivity contribution < 1.29 is 28.2 Å². The van der Waals surface area contributed by atoms with E-state index in [1.807, 2.05) is 0 Å². The minimum Gasteiger partial charge on any atom is -0.508 e. The molecular weight excluding hydrogens is 444 g/mol. The zero-order valence-corrected chi connectivity index (χ0v) is 18.5. The minimum absolute atomic E-state index is 0.0845. The predicted molar refractivity (Wildman–Crippen MR) is 122 cm³/mol. The van der Waals surface area contributed by atoms with Crippen LogP contribution in [0.3, 0.4) is 0 Å². The van der Waals surface area contributed by atoms with E-state index in [4.69, 9.17) is 4.74 Å². The van der Waals surface area contributed by atoms with Crippen molar-refractivity contribution in [3.05, 3.63) is 101 Å². The highest BCUT2D eigenvalue weighted by Crippen LogP contribution is 2.27. The van der Waals surface area contributed by atoms with E-state index in [0.29, 0.717) is 11.1 Å². The standard InChI is InChI=1S/C22H16F2N2O3.C3H7NO/c23-16-7-1-13(2-8-16)19-21(20(28)14-3-9-17(24)10-4-14)29-22(26-25-19)15-5-11-18(27)12-6-15;1-4(2)3-5/h1-12,19,21,25,27H;3H,1-2H3/t19-,21+;/m1./s1. The number of phenols is 1. The third kappa shape index (κ3) is 6.16. The highest BCUT2D eigenvalue weighted by molar-refractivity contribution is 6.03. The number of Topliss-reactive ketones (excluding diaryl/α,β-unsaturated/α-hetero) is 1. The maximum atomic E-state index is 13.3. The number of amides is 1. The fourth-order valence-corrected chi connectivity index (χ4v) is 3.05. The molecule has 1 amide bonds. The number of hydrogen-bond acceptors (Lipinski definition) is 6. The van der Waals surface area contributed by atoms with Crippen molar-refractivity contribution in [3.63, 3.8) is 0 Å². The van der Waals surface area contributed by atoms with Gasteiger partial charge >= 0.3 is 0 Å². The molecule has 34 heavy (non-hydrogen) atoms. The molecule has 7 nitrogen and oxygen atoms in total. The lowest BCUT2D eigenvalue weighted by atomic mass is 9.94. The molecule has 9 heteroatoms. The summed E-state index contributed by atoms with van der Waals surface area (Å²) < 4.78 is 32.5. The second-order valence-electron chi connectivity index (χ2n) is 7.60. The van der Waals surface area contributed by atoms with Gasteiger partial charge in [-0.05, 0) is 66.2 Å². The molecule has 0 unspecified atom stereocenters. The fourth-order valence-electron chi connectivity index (χ4n) is 3.05. The first-order chi connectivity index (χ1) is 16.3. The van der Waals surface area contributed by atoms with E-state index >= 15 is 0 Å². The quantitative estimate of drug-likeness (QED) is 0.442. The third-order valence-corrected chi connectivity index (χ3v) is 4.79. The maximum Gasteiger partial charge on any atom is 0.238 e. The Morgan fingerprint density at radius 2 is 1.50 bits per heavy atom. The molecule has 0 spiro atoms. The molecule has 1 aliphatic heterocycles. The number of ether oxygens (including phenoxy) is 1. The van der Waals surface area contributed by atoms with Crippen molar-refractivity contribution in [2.75, 3.05) is 14.1 Å². The van der Waals surface area contributed by atoms with Crippen molar-refractivity contribution >= 4 is 18.1 Å². The van der Waals surface area contributed by atoms with Gasteiger partial charge in [0.25, 0.3) is 0 Å². The molecule has 176 valence electrons. The van der Waals surface area contributed by atoms with E-state index in [0.717, 1.165) is 6.41 Å². The Bertz CT molecular complexity index is 1150. The SMILES string of the molecule is CN(C)C=O.O=C(c1ccc(F)cc1)[C@H]1OC(c2ccc(O)cc2)=NN[C@@H]1c1ccc(F)cc1. The Kier molecular flexibility index (Phi) is 7.92. The van der Waals surface area contributed by atoms with E-state index in [9.17, 15) is 23.5 Å². The number of nitrogens with one attached hydrogen (secondary N) is 1. The van der Waals surface area contributed by atoms with Crippen molar-refractivity contribution in [1.82, 2.24) is 10.3 Å². The Morgan fingerprint density at radius 1 is 0.971 bits per heavy atom. The van der Waals surface area contributed by atoms with Gasteiger partial charge in [-0.2, -0.15) is 0 Å². The summed E-state index contributed by atoms with van der Waals surface area (Å²) in [6.45, 7) is 0. The zero-order valence-electron chi connectivity index (χ0n) is 18.5. The van der Waals surface area contributed by atoms with Crippen molar-refractivity contribution in [2.45, 2.75) is 12.1 Å². The van der Waals surface area contributed by atoms with Gasteiger partial charge in [-0.15, -0.1) is 5.10 Å². The molecule has 0 fully saturated rings. The van der Waals surface area contributed by atoms with Crippen LogP contribution in [0.1, 0.15) is 27.5 Å². The topological polar surface area (TPSA) is 91.2 Å². The molecule has 0 radical (unpaired) electrons. The first-order valence-electron chi connectivity index (χ1n) is 10.2. The van der Waals surface area contributed by atoms with Crippen LogP contribution in [0.25, 0.3) is 0 Å². The molecule has 2 N–H and O–H groups in total. The number of hydrazone groups is 1. The predicted octanol–water partition coefficient (Wildman–Crippen LogP) is 3.65. The van der Waals surface area contributed by atoms with Crippen LogP contribution in [0.2, 0.25) is 0 Å². The summed E-state index contributed by atoms with van der Waals surface area (Å²) in [6.07, 6.45) is -0.271. The van der Waals surface area contributed by atoms with E-state index < -0.39 is 23.8 Å². The third-order valence-electron chi connectivity index (χ3n) is 4.79. The van der Waals surface area contributed by atoms with Gasteiger partial charge in [-0.1, -0.05) is 12.1 Å². The first kappa shape index (κ1) is 24.4. The van der Waals surface area contributed by atoms with Gasteiger partial charge in [0.05, 0.1) is 0 Å². The number of phenolic OH excluding ortho intramolecular Hbond substituents is 1. The number of halogens is 2. The van der Waals surface area contributed by atoms with Crippen LogP contribution in [0.4, 0.5) is 8.78 Å². The summed E-state index contributed by atoms with van der Waals surface area (Å²) in [6, 6.07) is 16.3. The maximum absolute atomic E-state index is 13.3. The molecule has 0 aromatic heterocycles. The molecule has 3 aromatic rings. The molecule has 1 heterocycles. The van der Waals surface area contributed by atoms with Crippen LogP contribution >= 0.6 is 0 Å². The van der Waals surface area contributed by atoms with E-state index in [1.165, 1.54) is 53.4 Å². The number of nitrogens with zero attached hydrogens (tertiary/aromatic N) is 2. The van der Waals surface area contributed by atoms with Crippen molar-refractivity contribution in [1.29, 1.82) is 0 Å². The van der Waals surface area contributed by atoms with Gasteiger partial charge in [0.15, 0.2) is 6.10 Å². The van der Waals surface area contributed by atoms with Crippen LogP contribution in [0.15, 0.2) is 77.9 Å². The lowest BCUT2D eigenvalue weighted by Gasteiger charge is -2.31. The van der Waals surface area contributed by atoms with Crippen molar-refractivity contribution in [2.24, 2.45) is 5.10 Å². The highest BCUT2D eigenvalue weighted by Gasteiger charge is 2.36. The normalized spacial score (nSPS) is 16.6. The summed E-state index contributed by atoms with van der Waals surface area (Å²) >= 11 is 0. The molecule has 4 rings (SSSR count). The van der Waals surface area contributed by atoms with Gasteiger partial charge in [0, 0.05) is 25.2 Å². The summed E-state index contributed by atoms with van der Waals surface area (Å²) in [5.41, 5.74) is 4.36. The molecule has 0 bridgehead atoms. The number of aromatic hydroxyl groups is 1. The van der Waals surface area contributed by atoms with Crippen LogP contribution in [0, 0.1) is 11.6 Å². The molecule has 2 atom stereocenters. The number of benzene rings is 3. The minimum atomic E-state index is -1.02. The van der Waals surface area contributed by atoms with Crippen LogP contribution < -0.4 is 5.43 Å². The van der Waals surface area contributed by atoms with Crippen molar-refractivity contribution in [3.8, 4) is 5.75 Å². The van der Waals surface area contributed by atoms with E-state index in [2.05, 4.69) is 10.5 Å². The average Bonchev–Trinajstić information content (AvgIpc) is 2.85. The monoisotopic (exact) mass is 467 g/mol. The first-order valence-corrected chi connectivity index (χ1v) is 10.2. The summed E-state index contributed by atoms with van der Waals surface area (Å²) in [7, 11) is 3.38. The molecule has 3 aromatic carbocycles. The highest BCUT2D eigenvalue weighted by atomic mass is 19.1. The Labute approximate surface area is 195 Å². The van der Waals surface area contributed by atoms with Gasteiger partial charge in [0.1, 0.15) is 23.4 Å². The van der Waals surface area contributed by atoms with E-state index in [1.54, 1.807) is 38.4 Å². The molecule has 0 saturated carbocycles. The second kappa shape index (κ2) is 11.0. The molecule has 0 aliphatic carbocycles. The van der Waals surface area contributed by atoms with Gasteiger partial charge in [-0.3, -0.25) is 15.0 Å². The Hall–Kier alpha value is -4.27. The fraction of sp³-hybridized carbons (Fsp3) is 0.160. The number of ketones is 1. The van der Waals surface area contributed by atoms with Gasteiger partial charge in [0.2, 0.25) is 18.1 Å². The van der Waals surface area contributed by atoms with Gasteiger partial charge in [-0.25, -0.2) is 8.78 Å². The smallest absolute Gasteiger partial charge is 0.238 e. The van der Waals surface area contributed by atoms with E-state index in [-0.39, 0.29) is 23.0 Å². The molecular formula is C25H23F2N3O4. The summed E-state index contributed by atoms with van der Waals surface area (Å²) in [4.78, 5) is 24.0. The van der Waals surface area contributed by atoms with Crippen LogP contribution in [-0.2, 0) is 9.53 Å². The lowest BCUT2D eigenvalue weighted by molar-refractivity contribution is -0.115. The number of carbonyl (C=O) groups is 2. The Morgan fingerprint density at radius 3 is 2.03 bits per heavy atom. The Balaban J connectivity index is 0.000000588. The van der Waals surface area contributed by atoms with Crippen LogP contribution in [-0.4, -0.2) is 48.3 Å². The largest absolute Gasteiger partial charge is 0.508 e. The molecule has 1 aliphatic rings. The van der Waals surface area contributed by atoms with Crippen LogP contribution in [0.5, 0.6) is 5.75 Å². The second-order valence-corrected chi connectivity index (χ2v) is 7.60. The molecule has 0 saturated heterocycles. The number of rotatable bonds is 5. The summed E-state index contributed by atoms with van der Waals surface area (Å²) in [5.74, 6) is -0.978. The number of hydrogen-bond donors (Lipinski definition) is 2. The zero-order chi connectivity index (χ0) is 24.7. The summed E-state index contributed by atoms with van der Waals surface area (Å²) in [5, 5.41) is 13.7. The average molecular weight is 467 g/mol. The lowest BCUT2D eigenvalue weighted by Crippen LogP contribution is -2.43. The number of carbonyl (C=O) groups excluding carboxylic acids is 2.